The fourth-order valence-corrected chi connectivity index (χ4v) is 3.45. The van der Waals surface area contributed by atoms with Crippen molar-refractivity contribution in [1.82, 2.24) is 14.9 Å². The molecule has 1 aromatic carbocycles. The standard InChI is InChI=1S/C19H26N6OS/c1-4-20-18-21-14(2)12-17(23-18)24-8-10-25(11-9-24)19(26)22-15-6-5-7-16(13-15)27-3/h5-7,12-13H,4,8-11H2,1-3H3,(H,22,26)(H,20,21,23). The molecule has 0 saturated carbocycles. The molecule has 2 amide bonds. The molecule has 2 N–H and O–H groups in total. The van der Waals surface area contributed by atoms with E-state index in [9.17, 15) is 4.79 Å². The van der Waals surface area contributed by atoms with Crippen LogP contribution >= 0.6 is 11.8 Å². The maximum Gasteiger partial charge on any atom is 0.321 e. The van der Waals surface area contributed by atoms with Gasteiger partial charge in [0.1, 0.15) is 5.82 Å². The van der Waals surface area contributed by atoms with Gasteiger partial charge in [0.2, 0.25) is 5.95 Å². The van der Waals surface area contributed by atoms with Gasteiger partial charge in [0.05, 0.1) is 0 Å². The molecule has 0 atom stereocenters. The molecule has 27 heavy (non-hydrogen) atoms. The Morgan fingerprint density at radius 3 is 2.67 bits per heavy atom. The number of benzene rings is 1. The molecule has 1 saturated heterocycles. The quantitative estimate of drug-likeness (QED) is 0.768. The lowest BCUT2D eigenvalue weighted by atomic mass is 10.3. The van der Waals surface area contributed by atoms with E-state index in [0.717, 1.165) is 41.7 Å². The highest BCUT2D eigenvalue weighted by Crippen LogP contribution is 2.20. The molecule has 144 valence electrons. The highest BCUT2D eigenvalue weighted by atomic mass is 32.2. The molecular formula is C19H26N6OS. The Morgan fingerprint density at radius 2 is 1.96 bits per heavy atom. The predicted octanol–water partition coefficient (Wildman–Crippen LogP) is 3.29. The average molecular weight is 387 g/mol. The van der Waals surface area contributed by atoms with Gasteiger partial charge in [-0.1, -0.05) is 6.07 Å². The zero-order valence-electron chi connectivity index (χ0n) is 16.0. The molecule has 0 radical (unpaired) electrons. The maximum absolute atomic E-state index is 12.6. The van der Waals surface area contributed by atoms with Crippen LogP contribution in [0.2, 0.25) is 0 Å². The number of urea groups is 1. The normalized spacial score (nSPS) is 14.2. The van der Waals surface area contributed by atoms with Gasteiger partial charge in [0.15, 0.2) is 0 Å². The van der Waals surface area contributed by atoms with Crippen molar-refractivity contribution in [3.63, 3.8) is 0 Å². The number of thioether (sulfide) groups is 1. The van der Waals surface area contributed by atoms with Gasteiger partial charge < -0.3 is 20.4 Å². The average Bonchev–Trinajstić information content (AvgIpc) is 2.68. The van der Waals surface area contributed by atoms with Crippen LogP contribution in [-0.4, -0.2) is 59.9 Å². The van der Waals surface area contributed by atoms with Crippen LogP contribution < -0.4 is 15.5 Å². The van der Waals surface area contributed by atoms with Crippen LogP contribution in [0.15, 0.2) is 35.2 Å². The van der Waals surface area contributed by atoms with Crippen molar-refractivity contribution in [3.8, 4) is 0 Å². The molecule has 1 aliphatic heterocycles. The molecular weight excluding hydrogens is 360 g/mol. The summed E-state index contributed by atoms with van der Waals surface area (Å²) in [5, 5.41) is 6.16. The number of rotatable bonds is 5. The number of piperazine rings is 1. The van der Waals surface area contributed by atoms with Crippen LogP contribution in [0.1, 0.15) is 12.6 Å². The highest BCUT2D eigenvalue weighted by molar-refractivity contribution is 7.98. The molecule has 0 aliphatic carbocycles. The van der Waals surface area contributed by atoms with Crippen LogP contribution in [0.3, 0.4) is 0 Å². The van der Waals surface area contributed by atoms with Gasteiger partial charge in [-0.3, -0.25) is 0 Å². The minimum atomic E-state index is -0.0555. The summed E-state index contributed by atoms with van der Waals surface area (Å²) in [6.45, 7) is 7.60. The number of nitrogens with zero attached hydrogens (tertiary/aromatic N) is 4. The van der Waals surface area contributed by atoms with Gasteiger partial charge in [0.25, 0.3) is 0 Å². The third kappa shape index (κ3) is 5.03. The molecule has 0 bridgehead atoms. The van der Waals surface area contributed by atoms with Crippen molar-refractivity contribution >= 4 is 35.2 Å². The van der Waals surface area contributed by atoms with E-state index in [0.29, 0.717) is 19.0 Å². The molecule has 2 aromatic rings. The number of anilines is 3. The second-order valence-electron chi connectivity index (χ2n) is 6.36. The second-order valence-corrected chi connectivity index (χ2v) is 7.24. The summed E-state index contributed by atoms with van der Waals surface area (Å²) in [4.78, 5) is 26.7. The van der Waals surface area contributed by atoms with Gasteiger partial charge in [-0.25, -0.2) is 9.78 Å². The predicted molar refractivity (Wildman–Crippen MR) is 112 cm³/mol. The Labute approximate surface area is 164 Å². The van der Waals surface area contributed by atoms with E-state index in [-0.39, 0.29) is 6.03 Å². The summed E-state index contributed by atoms with van der Waals surface area (Å²) in [6, 6.07) is 9.83. The van der Waals surface area contributed by atoms with E-state index in [1.54, 1.807) is 11.8 Å². The Balaban J connectivity index is 1.59. The zero-order valence-corrected chi connectivity index (χ0v) is 16.8. The van der Waals surface area contributed by atoms with Crippen molar-refractivity contribution in [2.75, 3.05) is 54.5 Å². The molecule has 2 heterocycles. The van der Waals surface area contributed by atoms with Crippen LogP contribution in [0.5, 0.6) is 0 Å². The number of aryl methyl sites for hydroxylation is 1. The van der Waals surface area contributed by atoms with Crippen molar-refractivity contribution in [1.29, 1.82) is 0 Å². The van der Waals surface area contributed by atoms with Crippen LogP contribution in [-0.2, 0) is 0 Å². The Hall–Kier alpha value is -2.48. The van der Waals surface area contributed by atoms with Crippen molar-refractivity contribution < 1.29 is 4.79 Å². The molecule has 8 heteroatoms. The summed E-state index contributed by atoms with van der Waals surface area (Å²) in [5.41, 5.74) is 1.76. The first-order valence-electron chi connectivity index (χ1n) is 9.13. The molecule has 0 unspecified atom stereocenters. The van der Waals surface area contributed by atoms with Gasteiger partial charge in [-0.15, -0.1) is 11.8 Å². The smallest absolute Gasteiger partial charge is 0.321 e. The summed E-state index contributed by atoms with van der Waals surface area (Å²) in [6.07, 6.45) is 2.02. The van der Waals surface area contributed by atoms with E-state index in [1.165, 1.54) is 0 Å². The molecule has 7 nitrogen and oxygen atoms in total. The van der Waals surface area contributed by atoms with Crippen LogP contribution in [0.4, 0.5) is 22.2 Å². The number of carbonyl (C=O) groups is 1. The lowest BCUT2D eigenvalue weighted by Gasteiger charge is -2.35. The van der Waals surface area contributed by atoms with Crippen LogP contribution in [0.25, 0.3) is 0 Å². The third-order valence-corrected chi connectivity index (χ3v) is 5.11. The Kier molecular flexibility index (Phi) is 6.39. The molecule has 1 fully saturated rings. The Morgan fingerprint density at radius 1 is 1.19 bits per heavy atom. The number of nitrogens with one attached hydrogen (secondary N) is 2. The highest BCUT2D eigenvalue weighted by Gasteiger charge is 2.22. The fourth-order valence-electron chi connectivity index (χ4n) is 2.99. The minimum absolute atomic E-state index is 0.0555. The van der Waals surface area contributed by atoms with Gasteiger partial charge in [-0.2, -0.15) is 4.98 Å². The number of hydrogen-bond acceptors (Lipinski definition) is 6. The van der Waals surface area contributed by atoms with E-state index < -0.39 is 0 Å². The summed E-state index contributed by atoms with van der Waals surface area (Å²) in [7, 11) is 0. The monoisotopic (exact) mass is 386 g/mol. The van der Waals surface area contributed by atoms with Crippen molar-refractivity contribution in [2.24, 2.45) is 0 Å². The SMILES string of the molecule is CCNc1nc(C)cc(N2CCN(C(=O)Nc3cccc(SC)c3)CC2)n1. The van der Waals surface area contributed by atoms with Gasteiger partial charge in [-0.05, 0) is 38.3 Å². The van der Waals surface area contributed by atoms with E-state index >= 15 is 0 Å². The number of aromatic nitrogens is 2. The fraction of sp³-hybridized carbons (Fsp3) is 0.421. The van der Waals surface area contributed by atoms with Crippen molar-refractivity contribution in [3.05, 3.63) is 36.0 Å². The lowest BCUT2D eigenvalue weighted by molar-refractivity contribution is 0.208. The van der Waals surface area contributed by atoms with Gasteiger partial charge in [0, 0.05) is 55.1 Å². The van der Waals surface area contributed by atoms with Crippen molar-refractivity contribution in [2.45, 2.75) is 18.7 Å². The summed E-state index contributed by atoms with van der Waals surface area (Å²) >= 11 is 1.66. The summed E-state index contributed by atoms with van der Waals surface area (Å²) < 4.78 is 0. The topological polar surface area (TPSA) is 73.4 Å². The maximum atomic E-state index is 12.6. The Bertz CT molecular complexity index is 792. The number of hydrogen-bond donors (Lipinski definition) is 2. The molecule has 0 spiro atoms. The second kappa shape index (κ2) is 8.94. The van der Waals surface area contributed by atoms with Gasteiger partial charge >= 0.3 is 6.03 Å². The van der Waals surface area contributed by atoms with E-state index in [4.69, 9.17) is 0 Å². The van der Waals surface area contributed by atoms with E-state index in [1.807, 2.05) is 55.3 Å². The summed E-state index contributed by atoms with van der Waals surface area (Å²) in [5.74, 6) is 1.56. The first-order valence-corrected chi connectivity index (χ1v) is 10.4. The largest absolute Gasteiger partial charge is 0.354 e. The molecule has 3 rings (SSSR count). The molecule has 1 aromatic heterocycles. The minimum Gasteiger partial charge on any atom is -0.354 e. The first-order chi connectivity index (χ1) is 13.1. The zero-order chi connectivity index (χ0) is 19.2. The third-order valence-electron chi connectivity index (χ3n) is 4.39. The number of amides is 2. The molecule has 1 aliphatic rings. The van der Waals surface area contributed by atoms with E-state index in [2.05, 4.69) is 25.5 Å². The lowest BCUT2D eigenvalue weighted by Crippen LogP contribution is -2.50. The number of carbonyl (C=O) groups excluding carboxylic acids is 1. The first kappa shape index (κ1) is 19.3. The van der Waals surface area contributed by atoms with Crippen LogP contribution in [0, 0.1) is 6.92 Å².